The molecule has 0 fully saturated rings. The minimum Gasteiger partial charge on any atom is -0.298 e. The summed E-state index contributed by atoms with van der Waals surface area (Å²) in [5, 5.41) is 5.11. The van der Waals surface area contributed by atoms with Crippen LogP contribution in [-0.2, 0) is 21.5 Å². The molecule has 0 radical (unpaired) electrons. The zero-order chi connectivity index (χ0) is 23.1. The normalized spacial score (nSPS) is 11.6. The number of rotatable bonds is 10. The van der Waals surface area contributed by atoms with Crippen molar-refractivity contribution in [1.82, 2.24) is 9.29 Å². The van der Waals surface area contributed by atoms with Gasteiger partial charge in [0, 0.05) is 35.5 Å². The Morgan fingerprint density at radius 3 is 2.34 bits per heavy atom. The molecule has 0 bridgehead atoms. The fourth-order valence-corrected chi connectivity index (χ4v) is 6.10. The Morgan fingerprint density at radius 2 is 1.72 bits per heavy atom. The Kier molecular flexibility index (Phi) is 8.41. The molecule has 0 unspecified atom stereocenters. The van der Waals surface area contributed by atoms with Crippen molar-refractivity contribution in [3.63, 3.8) is 0 Å². The molecule has 0 aliphatic heterocycles. The molecule has 6 nitrogen and oxygen atoms in total. The minimum atomic E-state index is -3.56. The topological polar surface area (TPSA) is 79.4 Å². The summed E-state index contributed by atoms with van der Waals surface area (Å²) in [5.74, 6) is 0.805. The number of carbonyl (C=O) groups is 1. The molecule has 0 saturated heterocycles. The number of halogens is 1. The average Bonchev–Trinajstić information content (AvgIpc) is 3.23. The van der Waals surface area contributed by atoms with Gasteiger partial charge < -0.3 is 0 Å². The molecular formula is C22H24FN3O3S3. The predicted molar refractivity (Wildman–Crippen MR) is 128 cm³/mol. The third-order valence-corrected chi connectivity index (χ3v) is 8.57. The highest BCUT2D eigenvalue weighted by Crippen LogP contribution is 2.23. The molecule has 1 heterocycles. The summed E-state index contributed by atoms with van der Waals surface area (Å²) in [6.45, 7) is 4.34. The highest BCUT2D eigenvalue weighted by Gasteiger charge is 2.21. The van der Waals surface area contributed by atoms with E-state index in [0.717, 1.165) is 17.0 Å². The second-order valence-electron chi connectivity index (χ2n) is 6.83. The predicted octanol–water partition coefficient (Wildman–Crippen LogP) is 5.00. The second kappa shape index (κ2) is 11.0. The van der Waals surface area contributed by atoms with E-state index in [2.05, 4.69) is 10.3 Å². The SMILES string of the molecule is CCN(CC)S(=O)(=O)c1ccc(C(=O)Nc2nc(CSCc3ccc(F)cc3)cs2)cc1. The summed E-state index contributed by atoms with van der Waals surface area (Å²) in [6.07, 6.45) is 0. The number of thioether (sulfide) groups is 1. The molecule has 0 aliphatic carbocycles. The van der Waals surface area contributed by atoms with Crippen LogP contribution in [0, 0.1) is 5.82 Å². The fraction of sp³-hybridized carbons (Fsp3) is 0.273. The lowest BCUT2D eigenvalue weighted by molar-refractivity contribution is 0.102. The van der Waals surface area contributed by atoms with Gasteiger partial charge in [-0.25, -0.2) is 17.8 Å². The van der Waals surface area contributed by atoms with Crippen molar-refractivity contribution < 1.29 is 17.6 Å². The van der Waals surface area contributed by atoms with Crippen LogP contribution in [0.4, 0.5) is 9.52 Å². The van der Waals surface area contributed by atoms with Gasteiger partial charge >= 0.3 is 0 Å². The molecule has 3 rings (SSSR count). The number of aromatic nitrogens is 1. The lowest BCUT2D eigenvalue weighted by Crippen LogP contribution is -2.30. The number of anilines is 1. The molecule has 2 aromatic carbocycles. The summed E-state index contributed by atoms with van der Waals surface area (Å²) in [5.41, 5.74) is 2.23. The molecule has 1 amide bonds. The van der Waals surface area contributed by atoms with Gasteiger partial charge in [-0.1, -0.05) is 26.0 Å². The molecule has 10 heteroatoms. The first-order valence-electron chi connectivity index (χ1n) is 10.0. The largest absolute Gasteiger partial charge is 0.298 e. The van der Waals surface area contributed by atoms with Gasteiger partial charge in [0.05, 0.1) is 10.6 Å². The van der Waals surface area contributed by atoms with E-state index >= 15 is 0 Å². The van der Waals surface area contributed by atoms with Gasteiger partial charge in [-0.05, 0) is 42.0 Å². The minimum absolute atomic E-state index is 0.160. The molecule has 3 aromatic rings. The summed E-state index contributed by atoms with van der Waals surface area (Å²) in [6, 6.07) is 12.3. The van der Waals surface area contributed by atoms with Crippen LogP contribution < -0.4 is 5.32 Å². The Bertz CT molecular complexity index is 1140. The molecular weight excluding hydrogens is 469 g/mol. The van der Waals surface area contributed by atoms with E-state index in [1.165, 1.54) is 52.0 Å². The van der Waals surface area contributed by atoms with Crippen LogP contribution in [-0.4, -0.2) is 36.7 Å². The first-order chi connectivity index (χ1) is 15.3. The van der Waals surface area contributed by atoms with Gasteiger partial charge in [0.1, 0.15) is 5.82 Å². The van der Waals surface area contributed by atoms with Crippen LogP contribution in [0.15, 0.2) is 58.8 Å². The van der Waals surface area contributed by atoms with Gasteiger partial charge in [-0.2, -0.15) is 16.1 Å². The molecule has 170 valence electrons. The number of hydrogen-bond donors (Lipinski definition) is 1. The number of nitrogens with zero attached hydrogens (tertiary/aromatic N) is 2. The summed E-state index contributed by atoms with van der Waals surface area (Å²) < 4.78 is 39.4. The van der Waals surface area contributed by atoms with Crippen molar-refractivity contribution in [2.75, 3.05) is 18.4 Å². The second-order valence-corrected chi connectivity index (χ2v) is 10.6. The number of thiazole rings is 1. The van der Waals surface area contributed by atoms with Crippen LogP contribution in [0.3, 0.4) is 0 Å². The van der Waals surface area contributed by atoms with E-state index in [4.69, 9.17) is 0 Å². The van der Waals surface area contributed by atoms with Crippen LogP contribution in [0.5, 0.6) is 0 Å². The molecule has 0 atom stereocenters. The molecule has 1 N–H and O–H groups in total. The molecule has 32 heavy (non-hydrogen) atoms. The standard InChI is InChI=1S/C22H24FN3O3S3/c1-3-26(4-2)32(28,29)20-11-7-17(8-12-20)21(27)25-22-24-19(15-31-22)14-30-13-16-5-9-18(23)10-6-16/h5-12,15H,3-4,13-14H2,1-2H3,(H,24,25,27). The van der Waals surface area contributed by atoms with Crippen molar-refractivity contribution in [2.45, 2.75) is 30.2 Å². The Morgan fingerprint density at radius 1 is 1.06 bits per heavy atom. The first kappa shape index (κ1) is 24.4. The number of hydrogen-bond acceptors (Lipinski definition) is 6. The summed E-state index contributed by atoms with van der Waals surface area (Å²) >= 11 is 2.98. The van der Waals surface area contributed by atoms with Crippen LogP contribution in [0.1, 0.15) is 35.5 Å². The van der Waals surface area contributed by atoms with Crippen molar-refractivity contribution in [3.8, 4) is 0 Å². The van der Waals surface area contributed by atoms with Gasteiger partial charge in [-0.3, -0.25) is 10.1 Å². The van der Waals surface area contributed by atoms with E-state index in [0.29, 0.717) is 29.5 Å². The quantitative estimate of drug-likeness (QED) is 0.430. The zero-order valence-electron chi connectivity index (χ0n) is 17.7. The van der Waals surface area contributed by atoms with E-state index < -0.39 is 10.0 Å². The Balaban J connectivity index is 1.56. The van der Waals surface area contributed by atoms with Crippen LogP contribution in [0.2, 0.25) is 0 Å². The molecule has 0 saturated carbocycles. The summed E-state index contributed by atoms with van der Waals surface area (Å²) in [4.78, 5) is 17.1. The number of nitrogens with one attached hydrogen (secondary N) is 1. The van der Waals surface area contributed by atoms with Crippen molar-refractivity contribution in [3.05, 3.63) is 76.5 Å². The third-order valence-electron chi connectivity index (χ3n) is 4.66. The molecule has 0 spiro atoms. The third kappa shape index (κ3) is 6.16. The molecule has 1 aromatic heterocycles. The van der Waals surface area contributed by atoms with E-state index in [1.54, 1.807) is 37.7 Å². The fourth-order valence-electron chi connectivity index (χ4n) is 2.94. The number of benzene rings is 2. The lowest BCUT2D eigenvalue weighted by atomic mass is 10.2. The van der Waals surface area contributed by atoms with Crippen LogP contribution in [0.25, 0.3) is 0 Å². The van der Waals surface area contributed by atoms with Gasteiger partial charge in [0.2, 0.25) is 10.0 Å². The van der Waals surface area contributed by atoms with Gasteiger partial charge in [0.25, 0.3) is 5.91 Å². The van der Waals surface area contributed by atoms with Gasteiger partial charge in [0.15, 0.2) is 5.13 Å². The lowest BCUT2D eigenvalue weighted by Gasteiger charge is -2.18. The average molecular weight is 494 g/mol. The van der Waals surface area contributed by atoms with Crippen molar-refractivity contribution in [2.24, 2.45) is 0 Å². The maximum absolute atomic E-state index is 13.0. The Labute approximate surface area is 195 Å². The number of carbonyl (C=O) groups excluding carboxylic acids is 1. The zero-order valence-corrected chi connectivity index (χ0v) is 20.2. The summed E-state index contributed by atoms with van der Waals surface area (Å²) in [7, 11) is -3.56. The van der Waals surface area contributed by atoms with E-state index in [-0.39, 0.29) is 16.6 Å². The Hall–Kier alpha value is -2.27. The van der Waals surface area contributed by atoms with E-state index in [9.17, 15) is 17.6 Å². The van der Waals surface area contributed by atoms with E-state index in [1.807, 2.05) is 5.38 Å². The first-order valence-corrected chi connectivity index (χ1v) is 13.5. The monoisotopic (exact) mass is 493 g/mol. The number of amides is 1. The maximum Gasteiger partial charge on any atom is 0.257 e. The highest BCUT2D eigenvalue weighted by atomic mass is 32.2. The molecule has 0 aliphatic rings. The van der Waals surface area contributed by atoms with Crippen molar-refractivity contribution >= 4 is 44.2 Å². The van der Waals surface area contributed by atoms with Crippen LogP contribution >= 0.6 is 23.1 Å². The van der Waals surface area contributed by atoms with Gasteiger partial charge in [-0.15, -0.1) is 11.3 Å². The van der Waals surface area contributed by atoms with Crippen molar-refractivity contribution in [1.29, 1.82) is 0 Å². The smallest absolute Gasteiger partial charge is 0.257 e. The maximum atomic E-state index is 13.0. The number of sulfonamides is 1. The highest BCUT2D eigenvalue weighted by molar-refractivity contribution is 7.97.